The highest BCUT2D eigenvalue weighted by atomic mass is 32.2. The molecule has 110 valence electrons. The molecule has 10 heteroatoms. The number of rotatable bonds is 6. The van der Waals surface area contributed by atoms with Crippen LogP contribution in [0.15, 0.2) is 0 Å². The number of carbonyl (C=O) groups excluding carboxylic acids is 1. The van der Waals surface area contributed by atoms with E-state index in [4.69, 9.17) is 15.9 Å². The monoisotopic (exact) mass is 295 g/mol. The molecule has 1 aliphatic rings. The van der Waals surface area contributed by atoms with E-state index >= 15 is 0 Å². The van der Waals surface area contributed by atoms with Gasteiger partial charge in [0.2, 0.25) is 5.91 Å². The second kappa shape index (κ2) is 6.28. The van der Waals surface area contributed by atoms with Crippen molar-refractivity contribution in [2.45, 2.75) is 18.9 Å². The molecular weight excluding hydrogens is 278 g/mol. The van der Waals surface area contributed by atoms with Crippen molar-refractivity contribution < 1.29 is 28.2 Å². The van der Waals surface area contributed by atoms with E-state index in [2.05, 4.69) is 0 Å². The fourth-order valence-corrected chi connectivity index (χ4v) is 3.04. The van der Waals surface area contributed by atoms with Crippen LogP contribution in [-0.4, -0.2) is 60.6 Å². The number of carboxylic acids is 1. The summed E-state index contributed by atoms with van der Waals surface area (Å²) in [5, 5.41) is 18.0. The summed E-state index contributed by atoms with van der Waals surface area (Å²) in [5.74, 6) is -2.83. The van der Waals surface area contributed by atoms with Crippen LogP contribution in [0.25, 0.3) is 0 Å². The Morgan fingerprint density at radius 1 is 1.47 bits per heavy atom. The summed E-state index contributed by atoms with van der Waals surface area (Å²) in [5.41, 5.74) is 4.79. The van der Waals surface area contributed by atoms with E-state index in [1.54, 1.807) is 0 Å². The Labute approximate surface area is 110 Å². The van der Waals surface area contributed by atoms with Crippen molar-refractivity contribution in [2.24, 2.45) is 11.7 Å². The molecule has 0 saturated carbocycles. The smallest absolute Gasteiger partial charge is 0.307 e. The maximum Gasteiger partial charge on any atom is 0.307 e. The lowest BCUT2D eigenvalue weighted by atomic mass is 10.0. The minimum atomic E-state index is -3.93. The van der Waals surface area contributed by atoms with Gasteiger partial charge in [0.15, 0.2) is 0 Å². The van der Waals surface area contributed by atoms with Crippen molar-refractivity contribution in [3.63, 3.8) is 0 Å². The van der Waals surface area contributed by atoms with Crippen molar-refractivity contribution in [2.75, 3.05) is 19.6 Å². The van der Waals surface area contributed by atoms with Crippen LogP contribution in [0.2, 0.25) is 0 Å². The third-order valence-corrected chi connectivity index (χ3v) is 4.40. The Hall–Kier alpha value is -1.23. The molecule has 5 N–H and O–H groups in total. The predicted octanol–water partition coefficient (Wildman–Crippen LogP) is -2.54. The van der Waals surface area contributed by atoms with Crippen molar-refractivity contribution in [3.05, 3.63) is 0 Å². The van der Waals surface area contributed by atoms with Crippen LogP contribution in [-0.2, 0) is 19.8 Å². The Balaban J connectivity index is 2.61. The minimum absolute atomic E-state index is 0.128. The first-order valence-corrected chi connectivity index (χ1v) is 7.13. The van der Waals surface area contributed by atoms with Crippen molar-refractivity contribution in [3.8, 4) is 0 Å². The molecule has 0 radical (unpaired) electrons. The lowest BCUT2D eigenvalue weighted by Crippen LogP contribution is -2.50. The number of hydrogen-bond donors (Lipinski definition) is 4. The van der Waals surface area contributed by atoms with Gasteiger partial charge in [-0.25, -0.2) is 0 Å². The molecule has 19 heavy (non-hydrogen) atoms. The van der Waals surface area contributed by atoms with Crippen LogP contribution < -0.4 is 10.5 Å². The zero-order chi connectivity index (χ0) is 14.6. The lowest BCUT2D eigenvalue weighted by Gasteiger charge is -2.29. The number of piperidine rings is 1. The number of amides is 1. The highest BCUT2D eigenvalue weighted by Crippen LogP contribution is 2.18. The van der Waals surface area contributed by atoms with E-state index in [0.717, 1.165) is 4.31 Å². The average molecular weight is 295 g/mol. The average Bonchev–Trinajstić information content (AvgIpc) is 2.36. The molecule has 1 amide bonds. The van der Waals surface area contributed by atoms with Gasteiger partial charge in [-0.15, -0.1) is 0 Å². The molecule has 1 fully saturated rings. The molecule has 2 atom stereocenters. The van der Waals surface area contributed by atoms with Gasteiger partial charge in [-0.05, 0) is 12.8 Å². The summed E-state index contributed by atoms with van der Waals surface area (Å²) in [6, 6.07) is 0. The highest BCUT2D eigenvalue weighted by Gasteiger charge is 2.32. The van der Waals surface area contributed by atoms with Crippen molar-refractivity contribution in [1.29, 1.82) is 0 Å². The zero-order valence-corrected chi connectivity index (χ0v) is 11.0. The first kappa shape index (κ1) is 15.8. The number of carboxylic acid groups (broad SMARTS) is 1. The number of aliphatic hydroxyl groups is 1. The standard InChI is InChI=1S/C9H17N3O6S/c10-8(14)7(13)4-11-19(17,18)12-3-1-2-6(5-12)9(15)16/h6-7,11,13H,1-5H2,(H2,10,14)(H,15,16). The Morgan fingerprint density at radius 3 is 2.63 bits per heavy atom. The van der Waals surface area contributed by atoms with E-state index in [-0.39, 0.29) is 13.1 Å². The summed E-state index contributed by atoms with van der Waals surface area (Å²) < 4.78 is 26.7. The molecule has 1 saturated heterocycles. The largest absolute Gasteiger partial charge is 0.481 e. The molecule has 1 rings (SSSR count). The number of primary amides is 1. The topological polar surface area (TPSA) is 150 Å². The summed E-state index contributed by atoms with van der Waals surface area (Å²) in [4.78, 5) is 21.4. The van der Waals surface area contributed by atoms with Gasteiger partial charge in [0.05, 0.1) is 5.92 Å². The van der Waals surface area contributed by atoms with Gasteiger partial charge < -0.3 is 15.9 Å². The molecule has 0 bridgehead atoms. The molecule has 1 heterocycles. The number of nitrogens with zero attached hydrogens (tertiary/aromatic N) is 1. The minimum Gasteiger partial charge on any atom is -0.481 e. The molecule has 1 aliphatic heterocycles. The highest BCUT2D eigenvalue weighted by molar-refractivity contribution is 7.87. The number of aliphatic hydroxyl groups excluding tert-OH is 1. The number of nitrogens with two attached hydrogens (primary N) is 1. The Kier molecular flexibility index (Phi) is 5.23. The Morgan fingerprint density at radius 2 is 2.11 bits per heavy atom. The third kappa shape index (κ3) is 4.42. The SMILES string of the molecule is NC(=O)C(O)CNS(=O)(=O)N1CCCC(C(=O)O)C1. The summed E-state index contributed by atoms with van der Waals surface area (Å²) >= 11 is 0. The maximum absolute atomic E-state index is 11.8. The first-order valence-electron chi connectivity index (χ1n) is 5.69. The molecule has 0 spiro atoms. The number of aliphatic carboxylic acids is 1. The van der Waals surface area contributed by atoms with Crippen LogP contribution >= 0.6 is 0 Å². The van der Waals surface area contributed by atoms with E-state index in [0.29, 0.717) is 12.8 Å². The fourth-order valence-electron chi connectivity index (χ4n) is 1.74. The second-order valence-corrected chi connectivity index (χ2v) is 6.06. The van der Waals surface area contributed by atoms with Gasteiger partial charge >= 0.3 is 5.97 Å². The summed E-state index contributed by atoms with van der Waals surface area (Å²) in [6.45, 7) is -0.463. The summed E-state index contributed by atoms with van der Waals surface area (Å²) in [7, 11) is -3.93. The normalized spacial score (nSPS) is 22.9. The molecular formula is C9H17N3O6S. The molecule has 0 aromatic carbocycles. The summed E-state index contributed by atoms with van der Waals surface area (Å²) in [6.07, 6.45) is -0.753. The molecule has 0 aromatic heterocycles. The van der Waals surface area contributed by atoms with Gasteiger partial charge in [0, 0.05) is 19.6 Å². The van der Waals surface area contributed by atoms with E-state index in [9.17, 15) is 18.0 Å². The molecule has 2 unspecified atom stereocenters. The lowest BCUT2D eigenvalue weighted by molar-refractivity contribution is -0.142. The molecule has 9 nitrogen and oxygen atoms in total. The number of nitrogens with one attached hydrogen (secondary N) is 1. The van der Waals surface area contributed by atoms with Crippen LogP contribution in [0, 0.1) is 5.92 Å². The first-order chi connectivity index (χ1) is 8.74. The van der Waals surface area contributed by atoms with Crippen molar-refractivity contribution >= 4 is 22.1 Å². The van der Waals surface area contributed by atoms with E-state index in [1.807, 2.05) is 4.72 Å². The zero-order valence-electron chi connectivity index (χ0n) is 10.2. The van der Waals surface area contributed by atoms with Gasteiger partial charge in [-0.2, -0.15) is 17.4 Å². The quantitative estimate of drug-likeness (QED) is 0.424. The molecule has 0 aliphatic carbocycles. The molecule has 0 aromatic rings. The predicted molar refractivity (Wildman–Crippen MR) is 64.1 cm³/mol. The van der Waals surface area contributed by atoms with Gasteiger partial charge in [-0.3, -0.25) is 9.59 Å². The van der Waals surface area contributed by atoms with Gasteiger partial charge in [0.25, 0.3) is 10.2 Å². The van der Waals surface area contributed by atoms with Crippen molar-refractivity contribution in [1.82, 2.24) is 9.03 Å². The van der Waals surface area contributed by atoms with Gasteiger partial charge in [-0.1, -0.05) is 0 Å². The fraction of sp³-hybridized carbons (Fsp3) is 0.778. The second-order valence-electron chi connectivity index (χ2n) is 4.31. The van der Waals surface area contributed by atoms with Crippen LogP contribution in [0.1, 0.15) is 12.8 Å². The van der Waals surface area contributed by atoms with Crippen LogP contribution in [0.3, 0.4) is 0 Å². The van der Waals surface area contributed by atoms with E-state index in [1.165, 1.54) is 0 Å². The Bertz CT molecular complexity index is 451. The van der Waals surface area contributed by atoms with Crippen LogP contribution in [0.5, 0.6) is 0 Å². The van der Waals surface area contributed by atoms with Crippen LogP contribution in [0.4, 0.5) is 0 Å². The third-order valence-electron chi connectivity index (χ3n) is 2.86. The van der Waals surface area contributed by atoms with E-state index < -0.39 is 40.7 Å². The maximum atomic E-state index is 11.8. The number of carbonyl (C=O) groups is 2. The number of hydrogen-bond acceptors (Lipinski definition) is 5. The van der Waals surface area contributed by atoms with Gasteiger partial charge in [0.1, 0.15) is 6.10 Å².